The Kier molecular flexibility index (Phi) is 4.80. The van der Waals surface area contributed by atoms with Gasteiger partial charge in [-0.1, -0.05) is 6.92 Å². The fourth-order valence-electron chi connectivity index (χ4n) is 2.71. The van der Waals surface area contributed by atoms with Crippen LogP contribution < -0.4 is 5.73 Å². The summed E-state index contributed by atoms with van der Waals surface area (Å²) in [5, 5.41) is 0. The van der Waals surface area contributed by atoms with Crippen molar-refractivity contribution in [3.05, 3.63) is 24.2 Å². The molecule has 1 aliphatic heterocycles. The van der Waals surface area contributed by atoms with Crippen molar-refractivity contribution >= 4 is 0 Å². The van der Waals surface area contributed by atoms with Gasteiger partial charge in [0, 0.05) is 44.3 Å². The number of nitrogens with zero attached hydrogens (tertiary/aromatic N) is 2. The smallest absolute Gasteiger partial charge is 0.0950 e. The van der Waals surface area contributed by atoms with Crippen LogP contribution in [0.2, 0.25) is 0 Å². The van der Waals surface area contributed by atoms with E-state index in [1.165, 1.54) is 12.0 Å². The predicted molar refractivity (Wildman–Crippen MR) is 73.4 cm³/mol. The van der Waals surface area contributed by atoms with Gasteiger partial charge in [0.2, 0.25) is 0 Å². The van der Waals surface area contributed by atoms with Crippen molar-refractivity contribution in [2.75, 3.05) is 32.7 Å². The molecule has 1 aliphatic rings. The molecule has 2 atom stereocenters. The number of nitrogens with two attached hydrogens (primary N) is 1. The summed E-state index contributed by atoms with van der Waals surface area (Å²) in [6.07, 6.45) is 4.77. The maximum Gasteiger partial charge on any atom is 0.0950 e. The lowest BCUT2D eigenvalue weighted by molar-refractivity contribution is 0.0742. The van der Waals surface area contributed by atoms with Gasteiger partial charge in [0.25, 0.3) is 0 Å². The van der Waals surface area contributed by atoms with Gasteiger partial charge in [0.15, 0.2) is 0 Å². The molecule has 4 heteroatoms. The number of piperazine rings is 1. The molecule has 0 saturated carbocycles. The highest BCUT2D eigenvalue weighted by atomic mass is 16.3. The second kappa shape index (κ2) is 6.36. The number of hydrogen-bond acceptors (Lipinski definition) is 4. The van der Waals surface area contributed by atoms with E-state index in [4.69, 9.17) is 10.2 Å². The van der Waals surface area contributed by atoms with Crippen LogP contribution in [0, 0.1) is 0 Å². The van der Waals surface area contributed by atoms with E-state index < -0.39 is 0 Å². The van der Waals surface area contributed by atoms with E-state index in [2.05, 4.69) is 23.6 Å². The highest BCUT2D eigenvalue weighted by Gasteiger charge is 2.26. The lowest BCUT2D eigenvalue weighted by atomic mass is 10.1. The van der Waals surface area contributed by atoms with Crippen molar-refractivity contribution < 1.29 is 4.42 Å². The Hall–Kier alpha value is -0.840. The largest absolute Gasteiger partial charge is 0.472 e. The molecule has 1 saturated heterocycles. The topological polar surface area (TPSA) is 45.6 Å². The van der Waals surface area contributed by atoms with Crippen molar-refractivity contribution in [2.45, 2.75) is 32.4 Å². The fourth-order valence-corrected chi connectivity index (χ4v) is 2.71. The Morgan fingerprint density at radius 3 is 2.44 bits per heavy atom. The lowest BCUT2D eigenvalue weighted by Crippen LogP contribution is -2.51. The third-order valence-corrected chi connectivity index (χ3v) is 4.16. The van der Waals surface area contributed by atoms with Crippen LogP contribution in [0.4, 0.5) is 0 Å². The normalized spacial score (nSPS) is 21.9. The van der Waals surface area contributed by atoms with Crippen LogP contribution in [0.15, 0.2) is 23.0 Å². The molecule has 18 heavy (non-hydrogen) atoms. The first kappa shape index (κ1) is 13.6. The van der Waals surface area contributed by atoms with Crippen molar-refractivity contribution in [1.29, 1.82) is 0 Å². The summed E-state index contributed by atoms with van der Waals surface area (Å²) >= 11 is 0. The van der Waals surface area contributed by atoms with Gasteiger partial charge in [-0.2, -0.15) is 0 Å². The summed E-state index contributed by atoms with van der Waals surface area (Å²) < 4.78 is 5.17. The third-order valence-electron chi connectivity index (χ3n) is 4.16. The van der Waals surface area contributed by atoms with Crippen molar-refractivity contribution in [3.63, 3.8) is 0 Å². The zero-order chi connectivity index (χ0) is 13.0. The Morgan fingerprint density at radius 2 is 1.94 bits per heavy atom. The fraction of sp³-hybridized carbons (Fsp3) is 0.714. The zero-order valence-electron chi connectivity index (χ0n) is 11.5. The lowest BCUT2D eigenvalue weighted by Gasteiger charge is -2.40. The molecule has 0 radical (unpaired) electrons. The standard InChI is InChI=1S/C14H25N3O/c1-3-12(2)16-5-7-17(8-6-16)14(10-15)13-4-9-18-11-13/h4,9,11-12,14H,3,5-8,10,15H2,1-2H3. The predicted octanol–water partition coefficient (Wildman–Crippen LogP) is 1.70. The first-order valence-corrected chi connectivity index (χ1v) is 6.96. The van der Waals surface area contributed by atoms with Crippen LogP contribution in [0.1, 0.15) is 31.9 Å². The summed E-state index contributed by atoms with van der Waals surface area (Å²) in [6.45, 7) is 9.70. The van der Waals surface area contributed by atoms with E-state index >= 15 is 0 Å². The summed E-state index contributed by atoms with van der Waals surface area (Å²) in [5.74, 6) is 0. The molecule has 0 bridgehead atoms. The van der Waals surface area contributed by atoms with Gasteiger partial charge >= 0.3 is 0 Å². The van der Waals surface area contributed by atoms with E-state index in [0.29, 0.717) is 18.6 Å². The molecule has 102 valence electrons. The van der Waals surface area contributed by atoms with Crippen LogP contribution in [0.5, 0.6) is 0 Å². The van der Waals surface area contributed by atoms with Gasteiger partial charge in [-0.05, 0) is 19.4 Å². The molecule has 2 rings (SSSR count). The minimum atomic E-state index is 0.308. The Bertz CT molecular complexity index is 331. The summed E-state index contributed by atoms with van der Waals surface area (Å²) in [4.78, 5) is 5.04. The van der Waals surface area contributed by atoms with E-state index in [9.17, 15) is 0 Å². The number of rotatable bonds is 5. The second-order valence-corrected chi connectivity index (χ2v) is 5.14. The second-order valence-electron chi connectivity index (χ2n) is 5.14. The molecule has 0 spiro atoms. The molecule has 1 aromatic heterocycles. The molecule has 0 aromatic carbocycles. The van der Waals surface area contributed by atoms with Crippen LogP contribution in [-0.2, 0) is 0 Å². The maximum atomic E-state index is 5.92. The molecule has 2 heterocycles. The minimum Gasteiger partial charge on any atom is -0.472 e. The molecule has 1 aromatic rings. The van der Waals surface area contributed by atoms with Gasteiger partial charge in [0.1, 0.15) is 0 Å². The average Bonchev–Trinajstić information content (AvgIpc) is 2.93. The van der Waals surface area contributed by atoms with Crippen molar-refractivity contribution in [3.8, 4) is 0 Å². The van der Waals surface area contributed by atoms with Gasteiger partial charge < -0.3 is 10.2 Å². The molecular formula is C14H25N3O. The zero-order valence-corrected chi connectivity index (χ0v) is 11.5. The van der Waals surface area contributed by atoms with E-state index in [1.54, 1.807) is 6.26 Å². The van der Waals surface area contributed by atoms with Crippen LogP contribution in [0.25, 0.3) is 0 Å². The highest BCUT2D eigenvalue weighted by molar-refractivity contribution is 5.12. The Morgan fingerprint density at radius 1 is 1.28 bits per heavy atom. The number of furan rings is 1. The Labute approximate surface area is 110 Å². The van der Waals surface area contributed by atoms with Crippen molar-refractivity contribution in [1.82, 2.24) is 9.80 Å². The SMILES string of the molecule is CCC(C)N1CCN(C(CN)c2ccoc2)CC1. The quantitative estimate of drug-likeness (QED) is 0.865. The first-order valence-electron chi connectivity index (χ1n) is 6.96. The van der Waals surface area contributed by atoms with Gasteiger partial charge in [0.05, 0.1) is 18.6 Å². The molecule has 0 amide bonds. The molecule has 2 unspecified atom stereocenters. The maximum absolute atomic E-state index is 5.92. The van der Waals surface area contributed by atoms with E-state index in [1.807, 2.05) is 12.3 Å². The van der Waals surface area contributed by atoms with Gasteiger partial charge in [-0.15, -0.1) is 0 Å². The van der Waals surface area contributed by atoms with E-state index in [0.717, 1.165) is 26.2 Å². The van der Waals surface area contributed by atoms with E-state index in [-0.39, 0.29) is 0 Å². The average molecular weight is 251 g/mol. The monoisotopic (exact) mass is 251 g/mol. The minimum absolute atomic E-state index is 0.308. The molecule has 0 aliphatic carbocycles. The highest BCUT2D eigenvalue weighted by Crippen LogP contribution is 2.22. The molecule has 4 nitrogen and oxygen atoms in total. The van der Waals surface area contributed by atoms with Crippen LogP contribution in [0.3, 0.4) is 0 Å². The van der Waals surface area contributed by atoms with Gasteiger partial charge in [-0.3, -0.25) is 9.80 Å². The Balaban J connectivity index is 1.92. The number of hydrogen-bond donors (Lipinski definition) is 1. The molecular weight excluding hydrogens is 226 g/mol. The summed E-state index contributed by atoms with van der Waals surface area (Å²) in [7, 11) is 0. The first-order chi connectivity index (χ1) is 8.76. The summed E-state index contributed by atoms with van der Waals surface area (Å²) in [6, 6.07) is 3.03. The van der Waals surface area contributed by atoms with Gasteiger partial charge in [-0.25, -0.2) is 0 Å². The third kappa shape index (κ3) is 2.94. The summed E-state index contributed by atoms with van der Waals surface area (Å²) in [5.41, 5.74) is 7.12. The molecule has 2 N–H and O–H groups in total. The van der Waals surface area contributed by atoms with Crippen LogP contribution in [-0.4, -0.2) is 48.6 Å². The van der Waals surface area contributed by atoms with Crippen molar-refractivity contribution in [2.24, 2.45) is 5.73 Å². The van der Waals surface area contributed by atoms with Crippen LogP contribution >= 0.6 is 0 Å². The molecule has 1 fully saturated rings.